The third-order valence-electron chi connectivity index (χ3n) is 2.90. The van der Waals surface area contributed by atoms with Crippen molar-refractivity contribution in [1.82, 2.24) is 10.3 Å². The summed E-state index contributed by atoms with van der Waals surface area (Å²) in [6.45, 7) is 0.905. The van der Waals surface area contributed by atoms with Gasteiger partial charge < -0.3 is 5.32 Å². The number of benzene rings is 1. The van der Waals surface area contributed by atoms with Gasteiger partial charge in [0.05, 0.1) is 17.5 Å². The smallest absolute Gasteiger partial charge is 0.0751 e. The zero-order valence-electron chi connectivity index (χ0n) is 11.3. The van der Waals surface area contributed by atoms with Gasteiger partial charge in [0.1, 0.15) is 0 Å². The van der Waals surface area contributed by atoms with Gasteiger partial charge >= 0.3 is 0 Å². The Balaban J connectivity index is 2.04. The van der Waals surface area contributed by atoms with E-state index in [9.17, 15) is 0 Å². The van der Waals surface area contributed by atoms with Crippen molar-refractivity contribution in [3.8, 4) is 12.3 Å². The van der Waals surface area contributed by atoms with E-state index in [1.54, 1.807) is 11.8 Å². The van der Waals surface area contributed by atoms with Crippen LogP contribution in [0.25, 0.3) is 0 Å². The van der Waals surface area contributed by atoms with Gasteiger partial charge in [-0.25, -0.2) is 0 Å². The van der Waals surface area contributed by atoms with Gasteiger partial charge in [-0.2, -0.15) is 0 Å². The first kappa shape index (κ1) is 14.6. The summed E-state index contributed by atoms with van der Waals surface area (Å²) in [6.07, 6.45) is 7.08. The second-order valence-electron chi connectivity index (χ2n) is 4.31. The molecule has 20 heavy (non-hydrogen) atoms. The molecule has 1 atom stereocenters. The Labute approximate surface area is 125 Å². The van der Waals surface area contributed by atoms with Crippen molar-refractivity contribution in [2.45, 2.75) is 6.04 Å². The molecule has 0 aliphatic heterocycles. The topological polar surface area (TPSA) is 24.9 Å². The van der Waals surface area contributed by atoms with Gasteiger partial charge in [-0.15, -0.1) is 18.2 Å². The van der Waals surface area contributed by atoms with E-state index in [-0.39, 0.29) is 6.04 Å². The summed E-state index contributed by atoms with van der Waals surface area (Å²) in [7, 11) is 0. The number of pyridine rings is 1. The number of hydrogen-bond acceptors (Lipinski definition) is 3. The number of thioether (sulfide) groups is 1. The van der Waals surface area contributed by atoms with Crippen LogP contribution in [-0.4, -0.2) is 23.0 Å². The number of nitrogens with one attached hydrogen (secondary N) is 1. The molecule has 1 aromatic heterocycles. The van der Waals surface area contributed by atoms with Crippen LogP contribution in [0.15, 0.2) is 54.7 Å². The highest BCUT2D eigenvalue weighted by Gasteiger charge is 2.13. The van der Waals surface area contributed by atoms with Gasteiger partial charge in [0.25, 0.3) is 0 Å². The number of nitrogens with zero attached hydrogens (tertiary/aromatic N) is 1. The number of aromatic nitrogens is 1. The van der Waals surface area contributed by atoms with Crippen molar-refractivity contribution in [3.63, 3.8) is 0 Å². The monoisotopic (exact) mass is 282 g/mol. The van der Waals surface area contributed by atoms with Gasteiger partial charge in [0.2, 0.25) is 0 Å². The Kier molecular flexibility index (Phi) is 6.16. The van der Waals surface area contributed by atoms with Crippen molar-refractivity contribution in [2.24, 2.45) is 0 Å². The van der Waals surface area contributed by atoms with E-state index < -0.39 is 0 Å². The van der Waals surface area contributed by atoms with Crippen LogP contribution in [0.2, 0.25) is 0 Å². The summed E-state index contributed by atoms with van der Waals surface area (Å²) in [5.41, 5.74) is 2.27. The van der Waals surface area contributed by atoms with Crippen LogP contribution in [0.4, 0.5) is 0 Å². The Hall–Kier alpha value is -1.76. The molecule has 3 heteroatoms. The van der Waals surface area contributed by atoms with Crippen LogP contribution in [0, 0.1) is 12.3 Å². The predicted octanol–water partition coefficient (Wildman–Crippen LogP) is 3.13. The fraction of sp³-hybridized carbons (Fsp3) is 0.235. The van der Waals surface area contributed by atoms with Crippen LogP contribution < -0.4 is 5.32 Å². The zero-order valence-corrected chi connectivity index (χ0v) is 12.1. The van der Waals surface area contributed by atoms with Crippen LogP contribution in [-0.2, 0) is 0 Å². The molecule has 1 unspecified atom stereocenters. The molecule has 102 valence electrons. The second-order valence-corrected chi connectivity index (χ2v) is 5.41. The fourth-order valence-corrected chi connectivity index (χ4v) is 2.52. The third kappa shape index (κ3) is 4.41. The summed E-state index contributed by atoms with van der Waals surface area (Å²) >= 11 is 1.77. The van der Waals surface area contributed by atoms with Gasteiger partial charge in [0.15, 0.2) is 0 Å². The molecule has 0 bridgehead atoms. The molecule has 0 spiro atoms. The molecule has 0 saturated carbocycles. The molecule has 2 rings (SSSR count). The summed E-state index contributed by atoms with van der Waals surface area (Å²) in [4.78, 5) is 4.47. The molecule has 0 aliphatic rings. The third-order valence-corrected chi connectivity index (χ3v) is 3.76. The molecular weight excluding hydrogens is 264 g/mol. The highest BCUT2D eigenvalue weighted by molar-refractivity contribution is 7.99. The predicted molar refractivity (Wildman–Crippen MR) is 86.7 cm³/mol. The van der Waals surface area contributed by atoms with E-state index in [1.165, 1.54) is 5.56 Å². The normalized spacial score (nSPS) is 11.8. The van der Waals surface area contributed by atoms with E-state index >= 15 is 0 Å². The minimum Gasteiger partial charge on any atom is -0.304 e. The lowest BCUT2D eigenvalue weighted by Crippen LogP contribution is -2.25. The van der Waals surface area contributed by atoms with E-state index in [2.05, 4.69) is 46.6 Å². The highest BCUT2D eigenvalue weighted by atomic mass is 32.2. The molecule has 2 aromatic rings. The molecule has 0 radical (unpaired) electrons. The fourth-order valence-electron chi connectivity index (χ4n) is 1.99. The average Bonchev–Trinajstić information content (AvgIpc) is 2.53. The first-order valence-electron chi connectivity index (χ1n) is 6.62. The Morgan fingerprint density at radius 3 is 2.65 bits per heavy atom. The minimum absolute atomic E-state index is 0.129. The van der Waals surface area contributed by atoms with E-state index in [0.717, 1.165) is 23.7 Å². The molecule has 1 aromatic carbocycles. The number of terminal acetylenes is 1. The molecule has 2 nitrogen and oxygen atoms in total. The van der Waals surface area contributed by atoms with Gasteiger partial charge in [-0.05, 0) is 17.7 Å². The Morgan fingerprint density at radius 2 is 1.95 bits per heavy atom. The summed E-state index contributed by atoms with van der Waals surface area (Å²) in [5, 5.41) is 3.56. The molecule has 0 saturated heterocycles. The quantitative estimate of drug-likeness (QED) is 0.624. The van der Waals surface area contributed by atoms with Crippen LogP contribution >= 0.6 is 11.8 Å². The largest absolute Gasteiger partial charge is 0.304 e. The molecule has 1 heterocycles. The number of rotatable bonds is 7. The van der Waals surface area contributed by atoms with Gasteiger partial charge in [0, 0.05) is 18.5 Å². The van der Waals surface area contributed by atoms with Crippen molar-refractivity contribution in [2.75, 3.05) is 18.1 Å². The first-order valence-corrected chi connectivity index (χ1v) is 7.78. The molecular formula is C17H18N2S. The maximum absolute atomic E-state index is 5.25. The summed E-state index contributed by atoms with van der Waals surface area (Å²) in [6, 6.07) is 16.5. The van der Waals surface area contributed by atoms with Crippen molar-refractivity contribution in [1.29, 1.82) is 0 Å². The van der Waals surface area contributed by atoms with Crippen molar-refractivity contribution >= 4 is 11.8 Å². The maximum Gasteiger partial charge on any atom is 0.0751 e. The lowest BCUT2D eigenvalue weighted by Gasteiger charge is -2.18. The molecule has 1 N–H and O–H groups in total. The van der Waals surface area contributed by atoms with E-state index in [1.807, 2.05) is 24.4 Å². The van der Waals surface area contributed by atoms with Crippen LogP contribution in [0.1, 0.15) is 17.3 Å². The van der Waals surface area contributed by atoms with Crippen molar-refractivity contribution < 1.29 is 0 Å². The lowest BCUT2D eigenvalue weighted by molar-refractivity contribution is 0.619. The van der Waals surface area contributed by atoms with Gasteiger partial charge in [-0.3, -0.25) is 4.98 Å². The molecule has 0 fully saturated rings. The zero-order chi connectivity index (χ0) is 14.0. The Bertz CT molecular complexity index is 494. The average molecular weight is 282 g/mol. The maximum atomic E-state index is 5.25. The van der Waals surface area contributed by atoms with E-state index in [0.29, 0.717) is 0 Å². The van der Waals surface area contributed by atoms with E-state index in [4.69, 9.17) is 6.42 Å². The van der Waals surface area contributed by atoms with Crippen molar-refractivity contribution in [3.05, 3.63) is 66.0 Å². The summed E-state index contributed by atoms with van der Waals surface area (Å²) in [5.74, 6) is 4.41. The standard InChI is InChI=1S/C17H18N2S/c1-2-13-20-14-12-19-17(15-8-4-3-5-9-15)16-10-6-7-11-18-16/h1,3-11,17,19H,12-14H2. The summed E-state index contributed by atoms with van der Waals surface area (Å²) < 4.78 is 0. The SMILES string of the molecule is C#CCSCCNC(c1ccccc1)c1ccccn1. The second kappa shape index (κ2) is 8.42. The minimum atomic E-state index is 0.129. The van der Waals surface area contributed by atoms with Crippen LogP contribution in [0.3, 0.4) is 0 Å². The molecule has 0 amide bonds. The van der Waals surface area contributed by atoms with Crippen LogP contribution in [0.5, 0.6) is 0 Å². The lowest BCUT2D eigenvalue weighted by atomic mass is 10.0. The molecule has 0 aliphatic carbocycles. The first-order chi connectivity index (χ1) is 9.92. The Morgan fingerprint density at radius 1 is 1.15 bits per heavy atom. The highest BCUT2D eigenvalue weighted by Crippen LogP contribution is 2.19. The van der Waals surface area contributed by atoms with Gasteiger partial charge in [-0.1, -0.05) is 42.3 Å². The number of hydrogen-bond donors (Lipinski definition) is 1.